The van der Waals surface area contributed by atoms with Gasteiger partial charge in [0, 0.05) is 18.7 Å². The second kappa shape index (κ2) is 8.76. The van der Waals surface area contributed by atoms with Crippen molar-refractivity contribution in [1.29, 1.82) is 0 Å². The Balaban J connectivity index is 1.27. The van der Waals surface area contributed by atoms with Crippen LogP contribution in [0.25, 0.3) is 0 Å². The first kappa shape index (κ1) is 19.6. The van der Waals surface area contributed by atoms with Gasteiger partial charge in [0.05, 0.1) is 25.2 Å². The summed E-state index contributed by atoms with van der Waals surface area (Å²) in [4.78, 5) is 13.5. The molecule has 5 nitrogen and oxygen atoms in total. The average molecular weight is 395 g/mol. The zero-order valence-corrected chi connectivity index (χ0v) is 17.3. The Hall–Kier alpha value is -2.69. The molecule has 0 radical (unpaired) electrons. The summed E-state index contributed by atoms with van der Waals surface area (Å²) in [7, 11) is 0. The van der Waals surface area contributed by atoms with Gasteiger partial charge >= 0.3 is 0 Å². The number of hydrogen-bond acceptors (Lipinski definition) is 4. The summed E-state index contributed by atoms with van der Waals surface area (Å²) in [6.45, 7) is 5.26. The molecule has 2 fully saturated rings. The number of hydrogen-bond donors (Lipinski definition) is 1. The molecule has 2 aliphatic rings. The SMILES string of the molecule is CC(=O)NC(C)c1ccc(OC2CN(c3cccc(OC4CCCC4)c3)C2)cc1. The molecule has 1 saturated carbocycles. The molecule has 154 valence electrons. The predicted molar refractivity (Wildman–Crippen MR) is 115 cm³/mol. The summed E-state index contributed by atoms with van der Waals surface area (Å²) in [5.41, 5.74) is 2.27. The fourth-order valence-corrected chi connectivity index (χ4v) is 4.09. The predicted octanol–water partition coefficient (Wildman–Crippen LogP) is 4.47. The lowest BCUT2D eigenvalue weighted by molar-refractivity contribution is -0.119. The summed E-state index contributed by atoms with van der Waals surface area (Å²) in [5, 5.41) is 2.90. The minimum atomic E-state index is -0.0231. The molecule has 1 aliphatic heterocycles. The minimum Gasteiger partial charge on any atom is -0.490 e. The fourth-order valence-electron chi connectivity index (χ4n) is 4.09. The number of anilines is 1. The first-order valence-electron chi connectivity index (χ1n) is 10.6. The van der Waals surface area contributed by atoms with E-state index in [1.165, 1.54) is 38.3 Å². The van der Waals surface area contributed by atoms with E-state index < -0.39 is 0 Å². The van der Waals surface area contributed by atoms with E-state index in [4.69, 9.17) is 9.47 Å². The van der Waals surface area contributed by atoms with E-state index in [9.17, 15) is 4.79 Å². The van der Waals surface area contributed by atoms with Crippen LogP contribution < -0.4 is 19.7 Å². The van der Waals surface area contributed by atoms with Gasteiger partial charge in [-0.15, -0.1) is 0 Å². The molecule has 5 heteroatoms. The van der Waals surface area contributed by atoms with Crippen LogP contribution in [0.3, 0.4) is 0 Å². The van der Waals surface area contributed by atoms with Crippen LogP contribution in [0.4, 0.5) is 5.69 Å². The number of carbonyl (C=O) groups is 1. The Kier molecular flexibility index (Phi) is 5.93. The van der Waals surface area contributed by atoms with E-state index in [1.54, 1.807) is 0 Å². The van der Waals surface area contributed by atoms with Crippen molar-refractivity contribution < 1.29 is 14.3 Å². The van der Waals surface area contributed by atoms with Gasteiger partial charge in [0.1, 0.15) is 17.6 Å². The summed E-state index contributed by atoms with van der Waals surface area (Å²) < 4.78 is 12.2. The highest BCUT2D eigenvalue weighted by molar-refractivity contribution is 5.73. The molecule has 1 aliphatic carbocycles. The van der Waals surface area contributed by atoms with Gasteiger partial charge in [-0.1, -0.05) is 18.2 Å². The first-order chi connectivity index (χ1) is 14.1. The molecule has 1 unspecified atom stereocenters. The van der Waals surface area contributed by atoms with Crippen LogP contribution in [0, 0.1) is 0 Å². The van der Waals surface area contributed by atoms with Crippen molar-refractivity contribution in [3.05, 3.63) is 54.1 Å². The van der Waals surface area contributed by atoms with E-state index in [0.717, 1.165) is 30.2 Å². The zero-order valence-electron chi connectivity index (χ0n) is 17.3. The normalized spacial score (nSPS) is 18.2. The quantitative estimate of drug-likeness (QED) is 0.753. The standard InChI is InChI=1S/C24H30N2O3/c1-17(25-18(2)27)19-10-12-22(13-11-19)29-24-15-26(16-24)20-6-5-9-23(14-20)28-21-7-3-4-8-21/h5-6,9-14,17,21,24H,3-4,7-8,15-16H2,1-2H3,(H,25,27). The van der Waals surface area contributed by atoms with Gasteiger partial charge in [-0.05, 0) is 62.4 Å². The molecule has 1 atom stereocenters. The van der Waals surface area contributed by atoms with Crippen LogP contribution in [0.5, 0.6) is 11.5 Å². The molecular weight excluding hydrogens is 364 g/mol. The van der Waals surface area contributed by atoms with E-state index in [2.05, 4.69) is 34.5 Å². The molecule has 0 aromatic heterocycles. The van der Waals surface area contributed by atoms with Crippen molar-refractivity contribution >= 4 is 11.6 Å². The Morgan fingerprint density at radius 3 is 2.38 bits per heavy atom. The smallest absolute Gasteiger partial charge is 0.217 e. The summed E-state index contributed by atoms with van der Waals surface area (Å²) in [6, 6.07) is 16.4. The van der Waals surface area contributed by atoms with Crippen LogP contribution >= 0.6 is 0 Å². The maximum absolute atomic E-state index is 11.2. The maximum atomic E-state index is 11.2. The second-order valence-electron chi connectivity index (χ2n) is 8.16. The molecule has 0 spiro atoms. The van der Waals surface area contributed by atoms with Gasteiger partial charge < -0.3 is 19.7 Å². The van der Waals surface area contributed by atoms with Crippen molar-refractivity contribution in [2.75, 3.05) is 18.0 Å². The maximum Gasteiger partial charge on any atom is 0.217 e. The van der Waals surface area contributed by atoms with Gasteiger partial charge in [-0.2, -0.15) is 0 Å². The van der Waals surface area contributed by atoms with Crippen LogP contribution in [-0.2, 0) is 4.79 Å². The second-order valence-corrected chi connectivity index (χ2v) is 8.16. The van der Waals surface area contributed by atoms with Gasteiger partial charge in [-0.25, -0.2) is 0 Å². The third-order valence-corrected chi connectivity index (χ3v) is 5.74. The Labute approximate surface area is 173 Å². The number of nitrogens with zero attached hydrogens (tertiary/aromatic N) is 1. The molecule has 1 amide bonds. The molecule has 1 saturated heterocycles. The molecule has 1 heterocycles. The lowest BCUT2D eigenvalue weighted by Crippen LogP contribution is -2.54. The Morgan fingerprint density at radius 2 is 1.69 bits per heavy atom. The molecule has 2 aromatic rings. The van der Waals surface area contributed by atoms with Gasteiger partial charge in [0.25, 0.3) is 0 Å². The number of nitrogens with one attached hydrogen (secondary N) is 1. The average Bonchev–Trinajstić information content (AvgIpc) is 3.17. The zero-order chi connectivity index (χ0) is 20.2. The molecule has 0 bridgehead atoms. The van der Waals surface area contributed by atoms with Crippen LogP contribution in [0.1, 0.15) is 51.1 Å². The van der Waals surface area contributed by atoms with Crippen molar-refractivity contribution in [2.24, 2.45) is 0 Å². The van der Waals surface area contributed by atoms with E-state index in [0.29, 0.717) is 6.10 Å². The molecule has 2 aromatic carbocycles. The van der Waals surface area contributed by atoms with Crippen molar-refractivity contribution in [2.45, 2.75) is 57.8 Å². The van der Waals surface area contributed by atoms with Crippen LogP contribution in [0.2, 0.25) is 0 Å². The molecule has 4 rings (SSSR count). The molecule has 29 heavy (non-hydrogen) atoms. The Morgan fingerprint density at radius 1 is 1.00 bits per heavy atom. The third kappa shape index (κ3) is 5.03. The molecular formula is C24H30N2O3. The van der Waals surface area contributed by atoms with Crippen LogP contribution in [-0.4, -0.2) is 31.2 Å². The van der Waals surface area contributed by atoms with Gasteiger partial charge in [-0.3, -0.25) is 4.79 Å². The van der Waals surface area contributed by atoms with E-state index >= 15 is 0 Å². The summed E-state index contributed by atoms with van der Waals surface area (Å²) in [6.07, 6.45) is 5.48. The minimum absolute atomic E-state index is 0.000488. The lowest BCUT2D eigenvalue weighted by Gasteiger charge is -2.40. The number of ether oxygens (including phenoxy) is 2. The van der Waals surface area contributed by atoms with Crippen molar-refractivity contribution in [3.63, 3.8) is 0 Å². The largest absolute Gasteiger partial charge is 0.490 e. The molecule has 1 N–H and O–H groups in total. The van der Waals surface area contributed by atoms with Crippen molar-refractivity contribution in [3.8, 4) is 11.5 Å². The van der Waals surface area contributed by atoms with Crippen LogP contribution in [0.15, 0.2) is 48.5 Å². The summed E-state index contributed by atoms with van der Waals surface area (Å²) >= 11 is 0. The highest BCUT2D eigenvalue weighted by Gasteiger charge is 2.29. The van der Waals surface area contributed by atoms with E-state index in [1.807, 2.05) is 31.2 Å². The number of benzene rings is 2. The highest BCUT2D eigenvalue weighted by Crippen LogP contribution is 2.30. The number of rotatable bonds is 7. The lowest BCUT2D eigenvalue weighted by atomic mass is 10.1. The monoisotopic (exact) mass is 394 g/mol. The third-order valence-electron chi connectivity index (χ3n) is 5.74. The van der Waals surface area contributed by atoms with Gasteiger partial charge in [0.15, 0.2) is 0 Å². The number of carbonyl (C=O) groups excluding carboxylic acids is 1. The summed E-state index contributed by atoms with van der Waals surface area (Å²) in [5.74, 6) is 1.82. The van der Waals surface area contributed by atoms with Gasteiger partial charge in [0.2, 0.25) is 5.91 Å². The highest BCUT2D eigenvalue weighted by atomic mass is 16.5. The van der Waals surface area contributed by atoms with Crippen molar-refractivity contribution in [1.82, 2.24) is 5.32 Å². The topological polar surface area (TPSA) is 50.8 Å². The fraction of sp³-hybridized carbons (Fsp3) is 0.458. The number of amides is 1. The first-order valence-corrected chi connectivity index (χ1v) is 10.6. The Bertz CT molecular complexity index is 824. The van der Waals surface area contributed by atoms with E-state index in [-0.39, 0.29) is 18.1 Å².